The molecule has 0 aromatic rings. The van der Waals surface area contributed by atoms with Crippen molar-refractivity contribution in [3.05, 3.63) is 0 Å². The van der Waals surface area contributed by atoms with Gasteiger partial charge in [0.25, 0.3) is 0 Å². The molecule has 0 amide bonds. The monoisotopic (exact) mass is 248 g/mol. The van der Waals surface area contributed by atoms with Crippen LogP contribution in [0.3, 0.4) is 0 Å². The molecule has 0 aliphatic heterocycles. The van der Waals surface area contributed by atoms with Crippen LogP contribution in [0.2, 0.25) is 0 Å². The Labute approximate surface area is 105 Å². The van der Waals surface area contributed by atoms with Crippen LogP contribution in [0.15, 0.2) is 0 Å². The predicted molar refractivity (Wildman–Crippen MR) is 69.6 cm³/mol. The van der Waals surface area contributed by atoms with Crippen LogP contribution >= 0.6 is 0 Å². The van der Waals surface area contributed by atoms with E-state index in [-0.39, 0.29) is 0 Å². The van der Waals surface area contributed by atoms with Crippen molar-refractivity contribution in [3.63, 3.8) is 0 Å². The highest BCUT2D eigenvalue weighted by atomic mass is 16.5. The Morgan fingerprint density at radius 1 is 0.941 bits per heavy atom. The van der Waals surface area contributed by atoms with Gasteiger partial charge < -0.3 is 24.4 Å². The lowest BCUT2D eigenvalue weighted by Gasteiger charge is -2.16. The van der Waals surface area contributed by atoms with E-state index in [9.17, 15) is 0 Å². The summed E-state index contributed by atoms with van der Waals surface area (Å²) in [5.74, 6) is 0. The molecule has 0 saturated carbocycles. The van der Waals surface area contributed by atoms with E-state index in [2.05, 4.69) is 24.2 Å². The van der Waals surface area contributed by atoms with Crippen LogP contribution in [-0.4, -0.2) is 78.3 Å². The van der Waals surface area contributed by atoms with E-state index < -0.39 is 0 Å². The number of likely N-dealkylation sites (N-methyl/N-ethyl adjacent to an activating group) is 2. The summed E-state index contributed by atoms with van der Waals surface area (Å²) in [7, 11) is 3.78. The molecule has 0 fully saturated rings. The van der Waals surface area contributed by atoms with Crippen molar-refractivity contribution in [3.8, 4) is 0 Å². The molecule has 0 atom stereocenters. The first-order valence-corrected chi connectivity index (χ1v) is 6.35. The summed E-state index contributed by atoms with van der Waals surface area (Å²) in [6.45, 7) is 9.55. The Morgan fingerprint density at radius 2 is 1.59 bits per heavy atom. The fourth-order valence-corrected chi connectivity index (χ4v) is 1.24. The van der Waals surface area contributed by atoms with Crippen LogP contribution in [0.4, 0.5) is 0 Å². The molecule has 0 radical (unpaired) electrons. The van der Waals surface area contributed by atoms with Gasteiger partial charge in [-0.05, 0) is 13.6 Å². The van der Waals surface area contributed by atoms with Crippen molar-refractivity contribution < 1.29 is 14.2 Å². The van der Waals surface area contributed by atoms with Gasteiger partial charge in [-0.3, -0.25) is 0 Å². The van der Waals surface area contributed by atoms with Gasteiger partial charge >= 0.3 is 0 Å². The Morgan fingerprint density at radius 3 is 2.24 bits per heavy atom. The van der Waals surface area contributed by atoms with Crippen LogP contribution in [0.5, 0.6) is 0 Å². The molecule has 17 heavy (non-hydrogen) atoms. The third-order valence-corrected chi connectivity index (χ3v) is 2.34. The zero-order chi connectivity index (χ0) is 12.8. The summed E-state index contributed by atoms with van der Waals surface area (Å²) < 4.78 is 15.6. The minimum atomic E-state index is 0.641. The number of rotatable bonds is 13. The summed E-state index contributed by atoms with van der Waals surface area (Å²) in [6.07, 6.45) is 0. The fraction of sp³-hybridized carbons (Fsp3) is 1.00. The molecule has 0 unspecified atom stereocenters. The number of hydrogen-bond acceptors (Lipinski definition) is 5. The lowest BCUT2D eigenvalue weighted by atomic mass is 10.5. The molecule has 0 aromatic carbocycles. The highest BCUT2D eigenvalue weighted by Gasteiger charge is 1.97. The molecule has 0 bridgehead atoms. The van der Waals surface area contributed by atoms with Gasteiger partial charge in [0, 0.05) is 26.7 Å². The summed E-state index contributed by atoms with van der Waals surface area (Å²) in [6, 6.07) is 0. The van der Waals surface area contributed by atoms with Crippen molar-refractivity contribution in [1.29, 1.82) is 0 Å². The molecule has 5 nitrogen and oxygen atoms in total. The highest BCUT2D eigenvalue weighted by molar-refractivity contribution is 4.53. The van der Waals surface area contributed by atoms with Gasteiger partial charge in [-0.1, -0.05) is 6.92 Å². The number of nitrogens with zero attached hydrogens (tertiary/aromatic N) is 1. The predicted octanol–water partition coefficient (Wildman–Crippen LogP) is 0.207. The van der Waals surface area contributed by atoms with Crippen LogP contribution < -0.4 is 5.32 Å². The minimum Gasteiger partial charge on any atom is -0.382 e. The lowest BCUT2D eigenvalue weighted by Crippen LogP contribution is -2.31. The van der Waals surface area contributed by atoms with Crippen molar-refractivity contribution in [2.45, 2.75) is 6.92 Å². The second kappa shape index (κ2) is 13.9. The topological polar surface area (TPSA) is 43.0 Å². The summed E-state index contributed by atoms with van der Waals surface area (Å²) in [5, 5.41) is 3.30. The molecule has 1 N–H and O–H groups in total. The van der Waals surface area contributed by atoms with Gasteiger partial charge in [-0.15, -0.1) is 0 Å². The number of nitrogens with one attached hydrogen (secondary N) is 1. The molecule has 0 saturated heterocycles. The molecule has 0 aromatic heterocycles. The van der Waals surface area contributed by atoms with E-state index in [1.165, 1.54) is 0 Å². The first kappa shape index (κ1) is 16.8. The quantitative estimate of drug-likeness (QED) is 0.472. The average Bonchev–Trinajstić information content (AvgIpc) is 2.33. The molecular formula is C12H28N2O3. The SMILES string of the molecule is CCNCCN(C)CCOCCOCCOC. The maximum atomic E-state index is 5.46. The molecule has 5 heteroatoms. The Hall–Kier alpha value is -0.200. The Kier molecular flexibility index (Phi) is 13.7. The maximum Gasteiger partial charge on any atom is 0.0701 e. The number of methoxy groups -OCH3 is 1. The van der Waals surface area contributed by atoms with E-state index in [4.69, 9.17) is 14.2 Å². The van der Waals surface area contributed by atoms with E-state index in [1.54, 1.807) is 7.11 Å². The van der Waals surface area contributed by atoms with Gasteiger partial charge in [0.1, 0.15) is 0 Å². The van der Waals surface area contributed by atoms with Crippen LogP contribution in [0, 0.1) is 0 Å². The van der Waals surface area contributed by atoms with Crippen molar-refractivity contribution in [2.24, 2.45) is 0 Å². The average molecular weight is 248 g/mol. The zero-order valence-corrected chi connectivity index (χ0v) is 11.5. The van der Waals surface area contributed by atoms with Crippen molar-refractivity contribution in [2.75, 3.05) is 73.4 Å². The van der Waals surface area contributed by atoms with E-state index in [0.29, 0.717) is 26.4 Å². The van der Waals surface area contributed by atoms with Crippen LogP contribution in [0.25, 0.3) is 0 Å². The van der Waals surface area contributed by atoms with Crippen LogP contribution in [-0.2, 0) is 14.2 Å². The molecular weight excluding hydrogens is 220 g/mol. The first-order valence-electron chi connectivity index (χ1n) is 6.35. The second-order valence-corrected chi connectivity index (χ2v) is 3.87. The lowest BCUT2D eigenvalue weighted by molar-refractivity contribution is 0.0209. The number of hydrogen-bond donors (Lipinski definition) is 1. The molecule has 0 aliphatic carbocycles. The van der Waals surface area contributed by atoms with Gasteiger partial charge in [0.05, 0.1) is 33.0 Å². The van der Waals surface area contributed by atoms with Gasteiger partial charge in [-0.25, -0.2) is 0 Å². The Bertz CT molecular complexity index is 148. The largest absolute Gasteiger partial charge is 0.382 e. The highest BCUT2D eigenvalue weighted by Crippen LogP contribution is 1.84. The minimum absolute atomic E-state index is 0.641. The fourth-order valence-electron chi connectivity index (χ4n) is 1.24. The molecule has 0 heterocycles. The standard InChI is InChI=1S/C12H28N2O3/c1-4-13-5-6-14(2)7-8-16-11-12-17-10-9-15-3/h13H,4-12H2,1-3H3. The molecule has 0 spiro atoms. The summed E-state index contributed by atoms with van der Waals surface area (Å²) >= 11 is 0. The molecule has 0 aliphatic rings. The van der Waals surface area contributed by atoms with E-state index >= 15 is 0 Å². The first-order chi connectivity index (χ1) is 8.31. The van der Waals surface area contributed by atoms with Gasteiger partial charge in [-0.2, -0.15) is 0 Å². The van der Waals surface area contributed by atoms with Crippen molar-refractivity contribution >= 4 is 0 Å². The normalized spacial score (nSPS) is 11.3. The summed E-state index contributed by atoms with van der Waals surface area (Å²) in [5.41, 5.74) is 0. The third kappa shape index (κ3) is 13.7. The third-order valence-electron chi connectivity index (χ3n) is 2.34. The van der Waals surface area contributed by atoms with Gasteiger partial charge in [0.15, 0.2) is 0 Å². The van der Waals surface area contributed by atoms with Crippen molar-refractivity contribution in [1.82, 2.24) is 10.2 Å². The second-order valence-electron chi connectivity index (χ2n) is 3.87. The zero-order valence-electron chi connectivity index (χ0n) is 11.5. The van der Waals surface area contributed by atoms with Gasteiger partial charge in [0.2, 0.25) is 0 Å². The summed E-state index contributed by atoms with van der Waals surface area (Å²) in [4.78, 5) is 2.26. The van der Waals surface area contributed by atoms with E-state index in [0.717, 1.165) is 32.8 Å². The molecule has 0 rings (SSSR count). The van der Waals surface area contributed by atoms with E-state index in [1.807, 2.05) is 0 Å². The number of ether oxygens (including phenoxy) is 3. The Balaban J connectivity index is 3.05. The smallest absolute Gasteiger partial charge is 0.0701 e. The maximum absolute atomic E-state index is 5.46. The van der Waals surface area contributed by atoms with Crippen LogP contribution in [0.1, 0.15) is 6.92 Å². The molecule has 104 valence electrons.